The zero-order chi connectivity index (χ0) is 16.2. The number of rotatable bonds is 3. The van der Waals surface area contributed by atoms with Crippen molar-refractivity contribution in [3.8, 4) is 11.4 Å². The fourth-order valence-corrected chi connectivity index (χ4v) is 2.51. The molecule has 1 aromatic heterocycles. The highest BCUT2D eigenvalue weighted by molar-refractivity contribution is 14.1. The molecule has 0 unspecified atom stereocenters. The molecular weight excluding hydrogens is 401 g/mol. The zero-order valence-electron chi connectivity index (χ0n) is 12.5. The van der Waals surface area contributed by atoms with Crippen molar-refractivity contribution >= 4 is 34.2 Å². The molecule has 0 spiro atoms. The van der Waals surface area contributed by atoms with E-state index >= 15 is 0 Å². The number of halogens is 1. The Morgan fingerprint density at radius 2 is 1.74 bits per heavy atom. The quantitative estimate of drug-likeness (QED) is 0.649. The smallest absolute Gasteiger partial charge is 0.259 e. The number of carbonyl (C=O) groups is 1. The van der Waals surface area contributed by atoms with Crippen LogP contribution in [0.15, 0.2) is 60.8 Å². The summed E-state index contributed by atoms with van der Waals surface area (Å²) in [5, 5.41) is 2.86. The highest BCUT2D eigenvalue weighted by atomic mass is 127. The molecule has 1 amide bonds. The Hall–Kier alpha value is -2.28. The molecule has 3 rings (SSSR count). The van der Waals surface area contributed by atoms with Gasteiger partial charge in [0.2, 0.25) is 0 Å². The van der Waals surface area contributed by atoms with Gasteiger partial charge < -0.3 is 5.32 Å². The van der Waals surface area contributed by atoms with E-state index in [9.17, 15) is 4.79 Å². The number of hydrogen-bond acceptors (Lipinski definition) is 3. The third-order valence-electron chi connectivity index (χ3n) is 3.36. The van der Waals surface area contributed by atoms with Gasteiger partial charge in [-0.2, -0.15) is 0 Å². The molecule has 23 heavy (non-hydrogen) atoms. The molecule has 4 nitrogen and oxygen atoms in total. The minimum absolute atomic E-state index is 0.205. The molecule has 0 aliphatic heterocycles. The zero-order valence-corrected chi connectivity index (χ0v) is 14.6. The summed E-state index contributed by atoms with van der Waals surface area (Å²) in [6.07, 6.45) is 1.58. The van der Waals surface area contributed by atoms with Gasteiger partial charge in [0.25, 0.3) is 5.91 Å². The molecule has 0 aliphatic rings. The lowest BCUT2D eigenvalue weighted by Crippen LogP contribution is -2.15. The van der Waals surface area contributed by atoms with E-state index in [0.717, 1.165) is 14.8 Å². The Bertz CT molecular complexity index is 833. The van der Waals surface area contributed by atoms with Crippen LogP contribution >= 0.6 is 22.6 Å². The lowest BCUT2D eigenvalue weighted by molar-refractivity contribution is 0.102. The third-order valence-corrected chi connectivity index (χ3v) is 4.08. The first kappa shape index (κ1) is 15.6. The lowest BCUT2D eigenvalue weighted by Gasteiger charge is -2.08. The molecule has 0 fully saturated rings. The van der Waals surface area contributed by atoms with Crippen LogP contribution in [0.1, 0.15) is 16.1 Å². The summed E-state index contributed by atoms with van der Waals surface area (Å²) in [5.74, 6) is 0.414. The molecule has 0 bridgehead atoms. The van der Waals surface area contributed by atoms with Crippen LogP contribution in [0.4, 0.5) is 5.69 Å². The van der Waals surface area contributed by atoms with Crippen molar-refractivity contribution in [2.24, 2.45) is 0 Å². The summed E-state index contributed by atoms with van der Waals surface area (Å²) >= 11 is 2.22. The fourth-order valence-electron chi connectivity index (χ4n) is 2.15. The van der Waals surface area contributed by atoms with Crippen molar-refractivity contribution in [2.75, 3.05) is 5.32 Å². The van der Waals surface area contributed by atoms with Gasteiger partial charge in [-0.15, -0.1) is 0 Å². The number of carbonyl (C=O) groups excluding carboxylic acids is 1. The first-order valence-corrected chi connectivity index (χ1v) is 8.17. The van der Waals surface area contributed by atoms with E-state index < -0.39 is 0 Å². The third kappa shape index (κ3) is 3.73. The van der Waals surface area contributed by atoms with Crippen molar-refractivity contribution < 1.29 is 4.79 Å². The van der Waals surface area contributed by atoms with Crippen LogP contribution in [-0.4, -0.2) is 15.9 Å². The van der Waals surface area contributed by atoms with Crippen molar-refractivity contribution in [2.45, 2.75) is 6.92 Å². The van der Waals surface area contributed by atoms with Gasteiger partial charge in [0, 0.05) is 21.0 Å². The lowest BCUT2D eigenvalue weighted by atomic mass is 10.2. The van der Waals surface area contributed by atoms with Crippen molar-refractivity contribution in [1.29, 1.82) is 0 Å². The second-order valence-electron chi connectivity index (χ2n) is 5.02. The molecule has 114 valence electrons. The average Bonchev–Trinajstić information content (AvgIpc) is 2.57. The van der Waals surface area contributed by atoms with E-state index in [1.54, 1.807) is 6.20 Å². The maximum Gasteiger partial charge on any atom is 0.259 e. The first-order valence-electron chi connectivity index (χ1n) is 7.09. The first-order chi connectivity index (χ1) is 11.1. The molecule has 0 aliphatic carbocycles. The monoisotopic (exact) mass is 415 g/mol. The van der Waals surface area contributed by atoms with E-state index in [4.69, 9.17) is 0 Å². The van der Waals surface area contributed by atoms with Gasteiger partial charge in [-0.05, 0) is 53.8 Å². The standard InChI is InChI=1S/C18H14IN3O/c1-12-16(18(23)22-15-9-7-14(19)8-10-15)11-20-17(21-12)13-5-3-2-4-6-13/h2-11H,1H3,(H,22,23). The Morgan fingerprint density at radius 1 is 1.04 bits per heavy atom. The highest BCUT2D eigenvalue weighted by Crippen LogP contribution is 2.17. The second-order valence-corrected chi connectivity index (χ2v) is 6.27. The van der Waals surface area contributed by atoms with Crippen LogP contribution in [0, 0.1) is 10.5 Å². The Morgan fingerprint density at radius 3 is 2.39 bits per heavy atom. The summed E-state index contributed by atoms with van der Waals surface area (Å²) in [5.41, 5.74) is 2.81. The SMILES string of the molecule is Cc1nc(-c2ccccc2)ncc1C(=O)Nc1ccc(I)cc1. The summed E-state index contributed by atoms with van der Waals surface area (Å²) in [6.45, 7) is 1.82. The minimum Gasteiger partial charge on any atom is -0.322 e. The summed E-state index contributed by atoms with van der Waals surface area (Å²) in [4.78, 5) is 21.1. The number of hydrogen-bond donors (Lipinski definition) is 1. The Kier molecular flexibility index (Phi) is 4.66. The normalized spacial score (nSPS) is 10.3. The topological polar surface area (TPSA) is 54.9 Å². The fraction of sp³-hybridized carbons (Fsp3) is 0.0556. The Labute approximate surface area is 148 Å². The van der Waals surface area contributed by atoms with Crippen molar-refractivity contribution in [3.05, 3.63) is 75.6 Å². The van der Waals surface area contributed by atoms with E-state index in [1.165, 1.54) is 0 Å². The van der Waals surface area contributed by atoms with Gasteiger partial charge in [0.05, 0.1) is 11.3 Å². The number of nitrogens with one attached hydrogen (secondary N) is 1. The number of benzene rings is 2. The molecule has 2 aromatic carbocycles. The largest absolute Gasteiger partial charge is 0.322 e. The molecule has 0 atom stereocenters. The van der Waals surface area contributed by atoms with E-state index in [1.807, 2.05) is 61.5 Å². The average molecular weight is 415 g/mol. The van der Waals surface area contributed by atoms with Crippen LogP contribution in [0.5, 0.6) is 0 Å². The summed E-state index contributed by atoms with van der Waals surface area (Å²) in [7, 11) is 0. The van der Waals surface area contributed by atoms with Gasteiger partial charge in [-0.25, -0.2) is 9.97 Å². The van der Waals surface area contributed by atoms with Crippen LogP contribution in [0.3, 0.4) is 0 Å². The Balaban J connectivity index is 1.83. The number of anilines is 1. The molecule has 1 N–H and O–H groups in total. The molecule has 0 radical (unpaired) electrons. The van der Waals surface area contributed by atoms with E-state index in [-0.39, 0.29) is 5.91 Å². The number of aromatic nitrogens is 2. The van der Waals surface area contributed by atoms with Crippen molar-refractivity contribution in [3.63, 3.8) is 0 Å². The highest BCUT2D eigenvalue weighted by Gasteiger charge is 2.12. The number of nitrogens with zero attached hydrogens (tertiary/aromatic N) is 2. The predicted octanol–water partition coefficient (Wildman–Crippen LogP) is 4.31. The maximum absolute atomic E-state index is 12.4. The summed E-state index contributed by atoms with van der Waals surface area (Å²) in [6, 6.07) is 17.3. The predicted molar refractivity (Wildman–Crippen MR) is 99.3 cm³/mol. The van der Waals surface area contributed by atoms with E-state index in [2.05, 4.69) is 37.9 Å². The molecule has 0 saturated heterocycles. The van der Waals surface area contributed by atoms with Crippen LogP contribution < -0.4 is 5.32 Å². The van der Waals surface area contributed by atoms with Crippen molar-refractivity contribution in [1.82, 2.24) is 9.97 Å². The molecule has 1 heterocycles. The van der Waals surface area contributed by atoms with Gasteiger partial charge in [-0.1, -0.05) is 30.3 Å². The molecule has 0 saturated carbocycles. The molecular formula is C18H14IN3O. The van der Waals surface area contributed by atoms with Gasteiger partial charge in [0.15, 0.2) is 5.82 Å². The van der Waals surface area contributed by atoms with Crippen LogP contribution in [0.2, 0.25) is 0 Å². The van der Waals surface area contributed by atoms with Gasteiger partial charge >= 0.3 is 0 Å². The second kappa shape index (κ2) is 6.87. The van der Waals surface area contributed by atoms with Gasteiger partial charge in [-0.3, -0.25) is 4.79 Å². The van der Waals surface area contributed by atoms with Crippen LogP contribution in [-0.2, 0) is 0 Å². The van der Waals surface area contributed by atoms with Gasteiger partial charge in [0.1, 0.15) is 0 Å². The van der Waals surface area contributed by atoms with Crippen LogP contribution in [0.25, 0.3) is 11.4 Å². The maximum atomic E-state index is 12.4. The number of aryl methyl sites for hydroxylation is 1. The molecule has 5 heteroatoms. The summed E-state index contributed by atoms with van der Waals surface area (Å²) < 4.78 is 1.12. The minimum atomic E-state index is -0.205. The number of amides is 1. The molecule has 3 aromatic rings. The van der Waals surface area contributed by atoms with E-state index in [0.29, 0.717) is 17.1 Å².